The first-order valence-corrected chi connectivity index (χ1v) is 8.10. The van der Waals surface area contributed by atoms with Gasteiger partial charge in [0.1, 0.15) is 12.4 Å². The topological polar surface area (TPSA) is 33.7 Å². The molecule has 126 valence electrons. The maximum atomic E-state index is 13.6. The number of rotatable bonds is 3. The highest BCUT2D eigenvalue weighted by atomic mass is 32.1. The molecule has 1 N–H and O–H groups in total. The van der Waals surface area contributed by atoms with Crippen molar-refractivity contribution in [2.75, 3.05) is 25.5 Å². The fourth-order valence-corrected chi connectivity index (χ4v) is 2.62. The van der Waals surface area contributed by atoms with Gasteiger partial charge in [-0.1, -0.05) is 18.2 Å². The van der Waals surface area contributed by atoms with Crippen molar-refractivity contribution in [1.29, 1.82) is 0 Å². The quantitative estimate of drug-likeness (QED) is 0.859. The second-order valence-corrected chi connectivity index (χ2v) is 6.16. The van der Waals surface area contributed by atoms with E-state index in [2.05, 4.69) is 5.32 Å². The lowest BCUT2D eigenvalue weighted by molar-refractivity contribution is 0.0784. The van der Waals surface area contributed by atoms with Crippen LogP contribution in [0.3, 0.4) is 0 Å². The minimum absolute atomic E-state index is 0.126. The van der Waals surface area contributed by atoms with Gasteiger partial charge in [-0.2, -0.15) is 0 Å². The number of para-hydroxylation sites is 2. The summed E-state index contributed by atoms with van der Waals surface area (Å²) in [7, 11) is 1.86. The fourth-order valence-electron chi connectivity index (χ4n) is 2.43. The zero-order valence-electron chi connectivity index (χ0n) is 13.6. The van der Waals surface area contributed by atoms with Crippen LogP contribution in [0.2, 0.25) is 0 Å². The predicted octanol–water partition coefficient (Wildman–Crippen LogP) is 3.60. The van der Waals surface area contributed by atoms with Gasteiger partial charge in [-0.05, 0) is 49.0 Å². The summed E-state index contributed by atoms with van der Waals surface area (Å²) in [5, 5.41) is 3.54. The molecule has 0 saturated carbocycles. The molecule has 0 bridgehead atoms. The number of likely N-dealkylation sites (N-methyl/N-ethyl adjacent to an activating group) is 1. The molecule has 0 amide bonds. The van der Waals surface area contributed by atoms with Gasteiger partial charge < -0.3 is 19.7 Å². The maximum Gasteiger partial charge on any atom is 0.173 e. The van der Waals surface area contributed by atoms with Gasteiger partial charge in [0.25, 0.3) is 0 Å². The summed E-state index contributed by atoms with van der Waals surface area (Å²) in [6, 6.07) is 12.5. The SMILES string of the molecule is Cc1ccc(NC(=S)N(C)C[C@@H]2COc3ccccc3O2)cc1F. The van der Waals surface area contributed by atoms with Crippen molar-refractivity contribution in [3.63, 3.8) is 0 Å². The number of halogens is 1. The van der Waals surface area contributed by atoms with E-state index in [9.17, 15) is 4.39 Å². The van der Waals surface area contributed by atoms with E-state index in [0.717, 1.165) is 11.5 Å². The van der Waals surface area contributed by atoms with Crippen molar-refractivity contribution in [1.82, 2.24) is 4.90 Å². The molecule has 24 heavy (non-hydrogen) atoms. The molecular weight excluding hydrogens is 327 g/mol. The number of anilines is 1. The highest BCUT2D eigenvalue weighted by Gasteiger charge is 2.22. The van der Waals surface area contributed by atoms with Crippen LogP contribution in [0.15, 0.2) is 42.5 Å². The van der Waals surface area contributed by atoms with Crippen LogP contribution in [0.25, 0.3) is 0 Å². The van der Waals surface area contributed by atoms with E-state index < -0.39 is 0 Å². The zero-order valence-corrected chi connectivity index (χ0v) is 14.4. The molecule has 1 aliphatic rings. The van der Waals surface area contributed by atoms with E-state index in [4.69, 9.17) is 21.7 Å². The van der Waals surface area contributed by atoms with Gasteiger partial charge >= 0.3 is 0 Å². The van der Waals surface area contributed by atoms with Gasteiger partial charge in [0, 0.05) is 12.7 Å². The minimum Gasteiger partial charge on any atom is -0.486 e. The van der Waals surface area contributed by atoms with E-state index >= 15 is 0 Å². The van der Waals surface area contributed by atoms with E-state index in [1.807, 2.05) is 36.2 Å². The first-order chi connectivity index (χ1) is 11.5. The third-order valence-corrected chi connectivity index (χ3v) is 4.23. The summed E-state index contributed by atoms with van der Waals surface area (Å²) < 4.78 is 25.2. The van der Waals surface area contributed by atoms with Gasteiger partial charge in [0.15, 0.2) is 22.7 Å². The summed E-state index contributed by atoms with van der Waals surface area (Å²) in [6.45, 7) is 2.75. The molecule has 0 unspecified atom stereocenters. The lowest BCUT2D eigenvalue weighted by Gasteiger charge is -2.30. The summed E-state index contributed by atoms with van der Waals surface area (Å²) in [6.07, 6.45) is -0.126. The monoisotopic (exact) mass is 346 g/mol. The van der Waals surface area contributed by atoms with Crippen molar-refractivity contribution >= 4 is 23.0 Å². The van der Waals surface area contributed by atoms with Crippen LogP contribution in [0.4, 0.5) is 10.1 Å². The number of nitrogens with zero attached hydrogens (tertiary/aromatic N) is 1. The number of aryl methyl sites for hydroxylation is 1. The third-order valence-electron chi connectivity index (χ3n) is 3.81. The number of ether oxygens (including phenoxy) is 2. The Morgan fingerprint density at radius 1 is 1.29 bits per heavy atom. The number of fused-ring (bicyclic) bond motifs is 1. The second kappa shape index (κ2) is 7.05. The molecule has 2 aromatic carbocycles. The van der Waals surface area contributed by atoms with Crippen molar-refractivity contribution in [3.05, 3.63) is 53.8 Å². The van der Waals surface area contributed by atoms with Crippen LogP contribution in [0.5, 0.6) is 11.5 Å². The Hall–Kier alpha value is -2.34. The van der Waals surface area contributed by atoms with E-state index in [0.29, 0.717) is 29.5 Å². The standard InChI is InChI=1S/C18H19FN2O2S/c1-12-7-8-13(9-15(12)19)20-18(24)21(2)10-14-11-22-16-5-3-4-6-17(16)23-14/h3-9,14H,10-11H2,1-2H3,(H,20,24)/t14-/m1/s1. The predicted molar refractivity (Wildman–Crippen MR) is 96.3 cm³/mol. The Morgan fingerprint density at radius 3 is 2.79 bits per heavy atom. The number of nitrogens with one attached hydrogen (secondary N) is 1. The first kappa shape index (κ1) is 16.5. The van der Waals surface area contributed by atoms with E-state index in [1.165, 1.54) is 6.07 Å². The van der Waals surface area contributed by atoms with Crippen LogP contribution in [0, 0.1) is 12.7 Å². The lowest BCUT2D eigenvalue weighted by Crippen LogP contribution is -2.43. The molecule has 1 heterocycles. The molecule has 1 atom stereocenters. The number of hydrogen-bond donors (Lipinski definition) is 1. The molecule has 6 heteroatoms. The number of benzene rings is 2. The van der Waals surface area contributed by atoms with Crippen LogP contribution in [-0.2, 0) is 0 Å². The normalized spacial score (nSPS) is 15.7. The number of thiocarbonyl (C=S) groups is 1. The molecule has 0 saturated heterocycles. The van der Waals surface area contributed by atoms with E-state index in [-0.39, 0.29) is 11.9 Å². The molecule has 1 aliphatic heterocycles. The van der Waals surface area contributed by atoms with Crippen molar-refractivity contribution in [2.45, 2.75) is 13.0 Å². The molecule has 3 rings (SSSR count). The fraction of sp³-hybridized carbons (Fsp3) is 0.278. The van der Waals surface area contributed by atoms with Gasteiger partial charge in [0.2, 0.25) is 0 Å². The van der Waals surface area contributed by atoms with Crippen molar-refractivity contribution < 1.29 is 13.9 Å². The minimum atomic E-state index is -0.258. The zero-order chi connectivity index (χ0) is 17.1. The molecule has 2 aromatic rings. The van der Waals surface area contributed by atoms with Gasteiger partial charge in [-0.25, -0.2) is 4.39 Å². The summed E-state index contributed by atoms with van der Waals surface area (Å²) in [4.78, 5) is 1.86. The summed E-state index contributed by atoms with van der Waals surface area (Å²) in [5.74, 6) is 1.24. The maximum absolute atomic E-state index is 13.6. The Bertz CT molecular complexity index is 754. The molecule has 0 fully saturated rings. The van der Waals surface area contributed by atoms with Crippen LogP contribution in [0.1, 0.15) is 5.56 Å². The lowest BCUT2D eigenvalue weighted by atomic mass is 10.2. The summed E-state index contributed by atoms with van der Waals surface area (Å²) >= 11 is 5.38. The largest absolute Gasteiger partial charge is 0.486 e. The van der Waals surface area contributed by atoms with Crippen LogP contribution >= 0.6 is 12.2 Å². The van der Waals surface area contributed by atoms with Crippen molar-refractivity contribution in [2.24, 2.45) is 0 Å². The molecular formula is C18H19FN2O2S. The first-order valence-electron chi connectivity index (χ1n) is 7.69. The highest BCUT2D eigenvalue weighted by Crippen LogP contribution is 2.31. The molecule has 0 aromatic heterocycles. The molecule has 0 aliphatic carbocycles. The van der Waals surface area contributed by atoms with Gasteiger partial charge in [0.05, 0.1) is 6.54 Å². The Labute approximate surface area is 146 Å². The molecule has 0 spiro atoms. The van der Waals surface area contributed by atoms with Gasteiger partial charge in [-0.3, -0.25) is 0 Å². The smallest absolute Gasteiger partial charge is 0.173 e. The molecule has 0 radical (unpaired) electrons. The summed E-state index contributed by atoms with van der Waals surface area (Å²) in [5.41, 5.74) is 1.23. The molecule has 4 nitrogen and oxygen atoms in total. The third kappa shape index (κ3) is 3.76. The second-order valence-electron chi connectivity index (χ2n) is 5.77. The highest BCUT2D eigenvalue weighted by molar-refractivity contribution is 7.80. The Balaban J connectivity index is 1.57. The number of hydrogen-bond acceptors (Lipinski definition) is 3. The van der Waals surface area contributed by atoms with E-state index in [1.54, 1.807) is 19.1 Å². The Morgan fingerprint density at radius 2 is 2.04 bits per heavy atom. The Kier molecular flexibility index (Phi) is 4.85. The van der Waals surface area contributed by atoms with Crippen LogP contribution in [-0.4, -0.2) is 36.3 Å². The average Bonchev–Trinajstić information content (AvgIpc) is 2.58. The average molecular weight is 346 g/mol. The van der Waals surface area contributed by atoms with Gasteiger partial charge in [-0.15, -0.1) is 0 Å². The van der Waals surface area contributed by atoms with Crippen LogP contribution < -0.4 is 14.8 Å². The van der Waals surface area contributed by atoms with Crippen molar-refractivity contribution in [3.8, 4) is 11.5 Å².